The average Bonchev–Trinajstić information content (AvgIpc) is 2.66. The molecule has 0 unspecified atom stereocenters. The van der Waals surface area contributed by atoms with Crippen molar-refractivity contribution in [3.63, 3.8) is 0 Å². The smallest absolute Gasteiger partial charge is 0.248 e. The lowest BCUT2D eigenvalue weighted by atomic mass is 9.63. The number of rotatable bonds is 3. The standard InChI is InChI=1S/C24H23ClN2O/c1-3-20-18-13-16(2)15-24(20,21-10-11-23(28)27-22(21)14-18)26-12-4-5-17-6-8-19(25)9-7-17/h3-13,18H,14-15H2,1-2H3,(H,27,28)/t18-,24+/m0/s1. The first-order chi connectivity index (χ1) is 13.5. The van der Waals surface area contributed by atoms with Crippen LogP contribution in [0.1, 0.15) is 37.1 Å². The van der Waals surface area contributed by atoms with Crippen LogP contribution in [0.25, 0.3) is 6.08 Å². The molecule has 2 aliphatic rings. The van der Waals surface area contributed by atoms with Gasteiger partial charge in [-0.05, 0) is 55.7 Å². The zero-order valence-electron chi connectivity index (χ0n) is 16.1. The monoisotopic (exact) mass is 390 g/mol. The van der Waals surface area contributed by atoms with Crippen molar-refractivity contribution in [2.45, 2.75) is 32.2 Å². The van der Waals surface area contributed by atoms with Crippen LogP contribution in [0.5, 0.6) is 0 Å². The SMILES string of the molecule is CC=C1[C@H]2C=C(C)C[C@]1(N=CC=Cc1ccc(Cl)cc1)c1ccc(=O)[nH]c1C2. The highest BCUT2D eigenvalue weighted by atomic mass is 35.5. The van der Waals surface area contributed by atoms with Crippen molar-refractivity contribution < 1.29 is 0 Å². The fourth-order valence-electron chi connectivity index (χ4n) is 4.55. The summed E-state index contributed by atoms with van der Waals surface area (Å²) in [6.07, 6.45) is 12.0. The van der Waals surface area contributed by atoms with E-state index in [0.717, 1.165) is 34.7 Å². The Labute approximate surface area is 170 Å². The van der Waals surface area contributed by atoms with Crippen molar-refractivity contribution in [1.29, 1.82) is 0 Å². The van der Waals surface area contributed by atoms with Gasteiger partial charge in [0.1, 0.15) is 5.54 Å². The number of pyridine rings is 1. The number of aromatic amines is 1. The van der Waals surface area contributed by atoms with Gasteiger partial charge in [-0.1, -0.05) is 47.5 Å². The molecule has 28 heavy (non-hydrogen) atoms. The molecule has 2 aliphatic carbocycles. The highest BCUT2D eigenvalue weighted by Gasteiger charge is 2.46. The van der Waals surface area contributed by atoms with E-state index in [9.17, 15) is 4.79 Å². The lowest BCUT2D eigenvalue weighted by molar-refractivity contribution is 0.413. The van der Waals surface area contributed by atoms with Gasteiger partial charge in [0.05, 0.1) is 0 Å². The van der Waals surface area contributed by atoms with Crippen molar-refractivity contribution >= 4 is 23.9 Å². The van der Waals surface area contributed by atoms with Crippen LogP contribution in [0.4, 0.5) is 0 Å². The van der Waals surface area contributed by atoms with Crippen LogP contribution in [0.3, 0.4) is 0 Å². The Bertz CT molecular complexity index is 1070. The summed E-state index contributed by atoms with van der Waals surface area (Å²) in [4.78, 5) is 20.0. The number of H-pyrrole nitrogens is 1. The van der Waals surface area contributed by atoms with Gasteiger partial charge in [0.15, 0.2) is 0 Å². The van der Waals surface area contributed by atoms with Crippen molar-refractivity contribution in [2.24, 2.45) is 10.9 Å². The van der Waals surface area contributed by atoms with E-state index in [1.54, 1.807) is 6.07 Å². The molecule has 3 nitrogen and oxygen atoms in total. The van der Waals surface area contributed by atoms with Gasteiger partial charge in [0, 0.05) is 40.9 Å². The van der Waals surface area contributed by atoms with Gasteiger partial charge in [-0.25, -0.2) is 0 Å². The second-order valence-electron chi connectivity index (χ2n) is 7.51. The topological polar surface area (TPSA) is 45.2 Å². The number of hydrogen-bond acceptors (Lipinski definition) is 2. The molecule has 2 bridgehead atoms. The Kier molecular flexibility index (Phi) is 4.94. The fraction of sp³-hybridized carbons (Fsp3) is 0.250. The van der Waals surface area contributed by atoms with E-state index in [-0.39, 0.29) is 11.5 Å². The predicted octanol–water partition coefficient (Wildman–Crippen LogP) is 5.48. The number of nitrogens with one attached hydrogen (secondary N) is 1. The number of benzene rings is 1. The summed E-state index contributed by atoms with van der Waals surface area (Å²) in [6.45, 7) is 4.26. The zero-order chi connectivity index (χ0) is 19.7. The Balaban J connectivity index is 1.76. The number of halogens is 1. The van der Waals surface area contributed by atoms with Crippen LogP contribution in [-0.4, -0.2) is 11.2 Å². The molecular formula is C24H23ClN2O. The van der Waals surface area contributed by atoms with E-state index in [2.05, 4.69) is 31.0 Å². The molecule has 1 aromatic carbocycles. The summed E-state index contributed by atoms with van der Waals surface area (Å²) in [5, 5.41) is 0.728. The molecular weight excluding hydrogens is 368 g/mol. The molecule has 2 aromatic rings. The van der Waals surface area contributed by atoms with E-state index in [0.29, 0.717) is 0 Å². The van der Waals surface area contributed by atoms with Crippen LogP contribution in [0, 0.1) is 5.92 Å². The molecule has 1 heterocycles. The minimum atomic E-state index is -0.444. The first kappa shape index (κ1) is 18.7. The third-order valence-electron chi connectivity index (χ3n) is 5.62. The molecule has 0 fully saturated rings. The minimum Gasteiger partial charge on any atom is -0.326 e. The molecule has 1 aromatic heterocycles. The predicted molar refractivity (Wildman–Crippen MR) is 117 cm³/mol. The summed E-state index contributed by atoms with van der Waals surface area (Å²) in [5.41, 5.74) is 5.35. The van der Waals surface area contributed by atoms with Crippen molar-refractivity contribution in [3.8, 4) is 0 Å². The van der Waals surface area contributed by atoms with Gasteiger partial charge in [-0.2, -0.15) is 0 Å². The van der Waals surface area contributed by atoms with Gasteiger partial charge >= 0.3 is 0 Å². The molecule has 0 aliphatic heterocycles. The third kappa shape index (κ3) is 3.31. The first-order valence-corrected chi connectivity index (χ1v) is 9.94. The molecule has 0 saturated heterocycles. The van der Waals surface area contributed by atoms with Gasteiger partial charge in [0.25, 0.3) is 0 Å². The molecule has 0 spiro atoms. The summed E-state index contributed by atoms with van der Waals surface area (Å²) in [5.74, 6) is 0.279. The van der Waals surface area contributed by atoms with E-state index in [1.807, 2.05) is 48.7 Å². The fourth-order valence-corrected chi connectivity index (χ4v) is 4.68. The first-order valence-electron chi connectivity index (χ1n) is 9.56. The Hall–Kier alpha value is -2.65. The van der Waals surface area contributed by atoms with Gasteiger partial charge in [-0.15, -0.1) is 0 Å². The van der Waals surface area contributed by atoms with Crippen LogP contribution in [0.15, 0.2) is 75.6 Å². The third-order valence-corrected chi connectivity index (χ3v) is 5.87. The maximum absolute atomic E-state index is 11.9. The number of nitrogens with zero attached hydrogens (tertiary/aromatic N) is 1. The van der Waals surface area contributed by atoms with E-state index >= 15 is 0 Å². The quantitative estimate of drug-likeness (QED) is 0.547. The Morgan fingerprint density at radius 2 is 2.00 bits per heavy atom. The molecule has 142 valence electrons. The second-order valence-corrected chi connectivity index (χ2v) is 7.94. The minimum absolute atomic E-state index is 0.0526. The summed E-state index contributed by atoms with van der Waals surface area (Å²) >= 11 is 5.95. The van der Waals surface area contributed by atoms with Crippen molar-refractivity contribution in [3.05, 3.63) is 98.0 Å². The summed E-state index contributed by atoms with van der Waals surface area (Å²) in [7, 11) is 0. The number of aliphatic imine (C=N–C) groups is 1. The molecule has 4 heteroatoms. The Morgan fingerprint density at radius 1 is 1.21 bits per heavy atom. The summed E-state index contributed by atoms with van der Waals surface area (Å²) < 4.78 is 0. The van der Waals surface area contributed by atoms with Gasteiger partial charge < -0.3 is 4.98 Å². The molecule has 1 N–H and O–H groups in total. The van der Waals surface area contributed by atoms with Crippen LogP contribution in [0.2, 0.25) is 5.02 Å². The Morgan fingerprint density at radius 3 is 2.75 bits per heavy atom. The van der Waals surface area contributed by atoms with E-state index in [1.165, 1.54) is 11.1 Å². The number of aromatic nitrogens is 1. The van der Waals surface area contributed by atoms with Crippen LogP contribution < -0.4 is 5.56 Å². The number of allylic oxidation sites excluding steroid dienone is 3. The van der Waals surface area contributed by atoms with Crippen molar-refractivity contribution in [2.75, 3.05) is 0 Å². The van der Waals surface area contributed by atoms with E-state index < -0.39 is 5.54 Å². The van der Waals surface area contributed by atoms with Gasteiger partial charge in [0.2, 0.25) is 5.56 Å². The largest absolute Gasteiger partial charge is 0.326 e. The second kappa shape index (κ2) is 7.40. The van der Waals surface area contributed by atoms with E-state index in [4.69, 9.17) is 16.6 Å². The number of fused-ring (bicyclic) bond motifs is 4. The average molecular weight is 391 g/mol. The molecule has 0 saturated carbocycles. The zero-order valence-corrected chi connectivity index (χ0v) is 16.8. The lowest BCUT2D eigenvalue weighted by Crippen LogP contribution is -2.40. The summed E-state index contributed by atoms with van der Waals surface area (Å²) in [6, 6.07) is 11.3. The molecule has 0 amide bonds. The molecule has 2 atom stereocenters. The normalized spacial score (nSPS) is 25.3. The van der Waals surface area contributed by atoms with Crippen LogP contribution in [-0.2, 0) is 12.0 Å². The lowest BCUT2D eigenvalue weighted by Gasteiger charge is -2.45. The van der Waals surface area contributed by atoms with Crippen molar-refractivity contribution in [1.82, 2.24) is 4.98 Å². The van der Waals surface area contributed by atoms with Gasteiger partial charge in [-0.3, -0.25) is 9.79 Å². The molecule has 0 radical (unpaired) electrons. The highest BCUT2D eigenvalue weighted by molar-refractivity contribution is 6.30. The van der Waals surface area contributed by atoms with Crippen LogP contribution >= 0.6 is 11.6 Å². The maximum atomic E-state index is 11.9. The highest BCUT2D eigenvalue weighted by Crippen LogP contribution is 2.51. The number of hydrogen-bond donors (Lipinski definition) is 1. The maximum Gasteiger partial charge on any atom is 0.248 e. The molecule has 4 rings (SSSR count).